The maximum Gasteiger partial charge on any atom is -0.0253 e. The smallest absolute Gasteiger partial charge is 0.0253 e. The second-order valence-corrected chi connectivity index (χ2v) is 10.4. The third-order valence-electron chi connectivity index (χ3n) is 5.44. The number of fused-ring (bicyclic) bond motifs is 3. The average Bonchev–Trinajstić information content (AvgIpc) is 3.57. The van der Waals surface area contributed by atoms with Gasteiger partial charge in [0.05, 0.1) is 0 Å². The van der Waals surface area contributed by atoms with Crippen LogP contribution >= 0.6 is 23.2 Å². The molecule has 0 bridgehead atoms. The Morgan fingerprint density at radius 1 is 0.667 bits per heavy atom. The summed E-state index contributed by atoms with van der Waals surface area (Å²) in [6, 6.07) is 44.0. The van der Waals surface area contributed by atoms with Crippen LogP contribution in [0.1, 0.15) is 22.3 Å². The predicted molar refractivity (Wildman–Crippen MR) is 142 cm³/mol. The largest absolute Gasteiger partial charge is 1.00 e. The molecule has 0 saturated carbocycles. The van der Waals surface area contributed by atoms with Crippen LogP contribution in [-0.2, 0) is 30.3 Å². The maximum absolute atomic E-state index is 5.87. The van der Waals surface area contributed by atoms with Gasteiger partial charge in [0, 0.05) is 0 Å². The molecule has 5 heteroatoms. The minimum atomic E-state index is 0. The Kier molecular flexibility index (Phi) is 13.0. The zero-order valence-electron chi connectivity index (χ0n) is 19.3. The van der Waals surface area contributed by atoms with Crippen LogP contribution in [0.2, 0.25) is 10.0 Å². The van der Waals surface area contributed by atoms with Gasteiger partial charge >= 0.3 is 120 Å². The minimum absolute atomic E-state index is 0. The third-order valence-corrected chi connectivity index (χ3v) is 8.02. The van der Waals surface area contributed by atoms with Gasteiger partial charge in [0.25, 0.3) is 0 Å². The summed E-state index contributed by atoms with van der Waals surface area (Å²) in [4.78, 5) is 0. The maximum atomic E-state index is 5.87. The molecule has 36 heavy (non-hydrogen) atoms. The van der Waals surface area contributed by atoms with E-state index in [-0.39, 0.29) is 24.8 Å². The van der Waals surface area contributed by atoms with E-state index in [1.165, 1.54) is 36.6 Å². The van der Waals surface area contributed by atoms with Crippen molar-refractivity contribution in [2.24, 2.45) is 0 Å². The Morgan fingerprint density at radius 2 is 1.19 bits per heavy atom. The first-order chi connectivity index (χ1) is 16.6. The number of hydrogen-bond donors (Lipinski definition) is 0. The molecule has 0 unspecified atom stereocenters. The van der Waals surface area contributed by atoms with E-state index in [2.05, 4.69) is 66.7 Å². The fourth-order valence-electron chi connectivity index (χ4n) is 3.72. The topological polar surface area (TPSA) is 0 Å². The van der Waals surface area contributed by atoms with Crippen LogP contribution in [0.3, 0.4) is 0 Å². The first-order valence-electron chi connectivity index (χ1n) is 11.0. The summed E-state index contributed by atoms with van der Waals surface area (Å²) in [5.74, 6) is 0. The van der Waals surface area contributed by atoms with Crippen LogP contribution in [0.5, 0.6) is 0 Å². The zero-order valence-corrected chi connectivity index (χ0v) is 25.9. The van der Waals surface area contributed by atoms with Gasteiger partial charge in [-0.15, -0.1) is 5.56 Å². The van der Waals surface area contributed by atoms with Crippen molar-refractivity contribution in [3.63, 3.8) is 0 Å². The molecule has 0 radical (unpaired) electrons. The summed E-state index contributed by atoms with van der Waals surface area (Å²) in [5.41, 5.74) is 7.98. The monoisotopic (exact) mass is 714 g/mol. The number of halogens is 4. The molecule has 0 nitrogen and oxygen atoms in total. The molecule has 0 amide bonds. The Morgan fingerprint density at radius 3 is 1.72 bits per heavy atom. The summed E-state index contributed by atoms with van der Waals surface area (Å²) in [6.07, 6.45) is 1.05. The molecule has 0 aromatic heterocycles. The Bertz CT molecular complexity index is 1230. The second kappa shape index (κ2) is 15.4. The second-order valence-electron chi connectivity index (χ2n) is 7.75. The SMILES string of the molecule is Clc1ccc([C](=[Hf+2])c2ccc(Cl)cc2)cc1.[Cl-].[Cl-].[c-]1cccc2c1Cc1ccccc1-2.c1cc[cH-]c1. The first kappa shape index (κ1) is 30.4. The van der Waals surface area contributed by atoms with E-state index < -0.39 is 0 Å². The van der Waals surface area contributed by atoms with Gasteiger partial charge in [-0.1, -0.05) is 35.4 Å². The molecule has 0 heterocycles. The fourth-order valence-corrected chi connectivity index (χ4v) is 5.17. The van der Waals surface area contributed by atoms with Gasteiger partial charge in [-0.05, 0) is 6.42 Å². The number of hydrogen-bond acceptors (Lipinski definition) is 0. The van der Waals surface area contributed by atoms with Gasteiger partial charge in [0.1, 0.15) is 0 Å². The molecule has 5 aromatic rings. The fraction of sp³-hybridized carbons (Fsp3) is 0.0323. The van der Waals surface area contributed by atoms with E-state index in [0.29, 0.717) is 0 Å². The zero-order chi connectivity index (χ0) is 23.8. The Labute approximate surface area is 250 Å². The van der Waals surface area contributed by atoms with Crippen molar-refractivity contribution in [3.05, 3.63) is 160 Å². The summed E-state index contributed by atoms with van der Waals surface area (Å²) < 4.78 is 1.35. The standard InChI is InChI=1S/C13H8Cl2.C13H9.C5H5.2ClH.Hf/c14-12-5-1-10(2-6-12)9-11-3-7-13(15)8-4-11;1-3-7-12-10(5-1)9-11-6-2-4-8-13(11)12;1-2-4-5-3-1;;;/h1-8H;1-5,7-8H,9H2;1-5H;2*1H;/q;2*-1;;;+2/p-2. The molecule has 0 atom stereocenters. The van der Waals surface area contributed by atoms with Gasteiger partial charge in [0.2, 0.25) is 0 Å². The van der Waals surface area contributed by atoms with Crippen LogP contribution in [0.15, 0.2) is 121 Å². The van der Waals surface area contributed by atoms with Crippen LogP contribution in [-0.4, -0.2) is 3.26 Å². The van der Waals surface area contributed by atoms with Gasteiger partial charge in [-0.3, -0.25) is 0 Å². The predicted octanol–water partition coefficient (Wildman–Crippen LogP) is 2.58. The van der Waals surface area contributed by atoms with Crippen molar-refractivity contribution in [3.8, 4) is 11.1 Å². The van der Waals surface area contributed by atoms with Crippen molar-refractivity contribution in [2.75, 3.05) is 0 Å². The molecule has 1 aliphatic carbocycles. The summed E-state index contributed by atoms with van der Waals surface area (Å²) >= 11 is 12.7. The van der Waals surface area contributed by atoms with E-state index in [1.54, 1.807) is 0 Å². The molecule has 0 fully saturated rings. The van der Waals surface area contributed by atoms with Crippen LogP contribution in [0.25, 0.3) is 11.1 Å². The first-order valence-corrected chi connectivity index (χ1v) is 13.5. The van der Waals surface area contributed by atoms with Crippen LogP contribution < -0.4 is 24.8 Å². The van der Waals surface area contributed by atoms with Crippen LogP contribution in [0, 0.1) is 6.07 Å². The number of benzene rings is 4. The van der Waals surface area contributed by atoms with Crippen LogP contribution in [0.4, 0.5) is 0 Å². The van der Waals surface area contributed by atoms with Crippen molar-refractivity contribution in [1.29, 1.82) is 0 Å². The molecule has 0 spiro atoms. The van der Waals surface area contributed by atoms with Crippen molar-refractivity contribution in [1.82, 2.24) is 0 Å². The van der Waals surface area contributed by atoms with Crippen molar-refractivity contribution >= 4 is 26.5 Å². The third kappa shape index (κ3) is 8.33. The molecule has 0 N–H and O–H groups in total. The molecule has 0 aliphatic heterocycles. The average molecular weight is 715 g/mol. The van der Waals surface area contributed by atoms with E-state index in [4.69, 9.17) is 23.2 Å². The Balaban J connectivity index is 0.000000205. The molecule has 0 saturated heterocycles. The minimum Gasteiger partial charge on any atom is -1.00 e. The van der Waals surface area contributed by atoms with E-state index in [0.717, 1.165) is 40.4 Å². The van der Waals surface area contributed by atoms with E-state index in [9.17, 15) is 0 Å². The summed E-state index contributed by atoms with van der Waals surface area (Å²) in [7, 11) is 0. The van der Waals surface area contributed by atoms with E-state index in [1.807, 2.05) is 60.7 Å². The van der Waals surface area contributed by atoms with E-state index >= 15 is 0 Å². The van der Waals surface area contributed by atoms with Crippen molar-refractivity contribution < 1.29 is 48.7 Å². The molecular weight excluding hydrogens is 693 g/mol. The van der Waals surface area contributed by atoms with Crippen molar-refractivity contribution in [2.45, 2.75) is 6.42 Å². The van der Waals surface area contributed by atoms with Gasteiger partial charge in [-0.2, -0.15) is 48.0 Å². The quantitative estimate of drug-likeness (QED) is 0.191. The molecule has 6 rings (SSSR count). The molecule has 180 valence electrons. The number of rotatable bonds is 2. The normalized spacial score (nSPS) is 10.1. The molecule has 5 aromatic carbocycles. The van der Waals surface area contributed by atoms with Gasteiger partial charge < -0.3 is 24.8 Å². The van der Waals surface area contributed by atoms with Gasteiger partial charge in [-0.25, -0.2) is 12.1 Å². The Hall–Kier alpha value is -1.87. The summed E-state index contributed by atoms with van der Waals surface area (Å²) in [5, 5.41) is 1.55. The molecular formula is C31H22Cl4Hf-2. The molecule has 1 aliphatic rings. The summed E-state index contributed by atoms with van der Waals surface area (Å²) in [6.45, 7) is 0. The van der Waals surface area contributed by atoms with Gasteiger partial charge in [0.15, 0.2) is 0 Å².